The second kappa shape index (κ2) is 3.31. The van der Waals surface area contributed by atoms with E-state index in [9.17, 15) is 13.2 Å². The number of nitrogens with zero attached hydrogens (tertiary/aromatic N) is 1. The smallest absolute Gasteiger partial charge is 0.236 e. The van der Waals surface area contributed by atoms with Crippen LogP contribution in [-0.2, 0) is 10.0 Å². The first-order chi connectivity index (χ1) is 5.96. The molecule has 0 saturated heterocycles. The topological polar surface area (TPSA) is 82.2 Å². The average molecular weight is 202 g/mol. The molecule has 0 radical (unpaired) electrons. The van der Waals surface area contributed by atoms with Crippen LogP contribution in [0.5, 0.6) is 0 Å². The molecule has 1 aromatic heterocycles. The Kier molecular flexibility index (Phi) is 2.53. The molecule has 0 saturated carbocycles. The Bertz CT molecular complexity index is 419. The van der Waals surface area contributed by atoms with E-state index in [-0.39, 0.29) is 12.2 Å². The molecule has 0 amide bonds. The number of rotatable bonds is 3. The quantitative estimate of drug-likeness (QED) is 0.666. The maximum Gasteiger partial charge on any atom is 0.236 e. The number of Topliss-reactive ketones (excluding diaryl/α,β-unsaturated/α-hetero) is 1. The lowest BCUT2D eigenvalue weighted by Gasteiger charge is -2.03. The number of carbonyl (C=O) groups excluding carboxylic acids is 1. The third-order valence-corrected chi connectivity index (χ3v) is 2.57. The fourth-order valence-electron chi connectivity index (χ4n) is 0.976. The van der Waals surface area contributed by atoms with E-state index in [4.69, 9.17) is 5.73 Å². The van der Waals surface area contributed by atoms with Gasteiger partial charge in [-0.05, 0) is 12.1 Å². The van der Waals surface area contributed by atoms with Gasteiger partial charge in [0.25, 0.3) is 0 Å². The van der Waals surface area contributed by atoms with Gasteiger partial charge < -0.3 is 5.73 Å². The van der Waals surface area contributed by atoms with E-state index in [1.807, 2.05) is 0 Å². The number of carbonyl (C=O) groups is 1. The fourth-order valence-corrected chi connectivity index (χ4v) is 1.79. The van der Waals surface area contributed by atoms with E-state index in [0.29, 0.717) is 0 Å². The van der Waals surface area contributed by atoms with Crippen LogP contribution in [0.15, 0.2) is 18.3 Å². The van der Waals surface area contributed by atoms with E-state index in [2.05, 4.69) is 0 Å². The fraction of sp³-hybridized carbons (Fsp3) is 0.286. The van der Waals surface area contributed by atoms with Gasteiger partial charge in [-0.3, -0.25) is 4.79 Å². The third-order valence-electron chi connectivity index (χ3n) is 1.54. The summed E-state index contributed by atoms with van der Waals surface area (Å²) < 4.78 is 23.1. The molecule has 2 N–H and O–H groups in total. The number of nitrogens with two attached hydrogens (primary N) is 1. The monoisotopic (exact) mass is 202 g/mol. The van der Waals surface area contributed by atoms with Crippen molar-refractivity contribution in [2.75, 3.05) is 12.8 Å². The zero-order chi connectivity index (χ0) is 10.1. The summed E-state index contributed by atoms with van der Waals surface area (Å²) in [5.74, 6) is -0.393. The summed E-state index contributed by atoms with van der Waals surface area (Å²) in [5, 5.41) is 0. The van der Waals surface area contributed by atoms with Crippen molar-refractivity contribution in [2.24, 2.45) is 5.73 Å². The predicted molar refractivity (Wildman–Crippen MR) is 48.1 cm³/mol. The minimum atomic E-state index is -3.40. The van der Waals surface area contributed by atoms with Gasteiger partial charge in [0.05, 0.1) is 12.8 Å². The number of hydrogen-bond acceptors (Lipinski definition) is 4. The van der Waals surface area contributed by atoms with E-state index in [0.717, 1.165) is 10.2 Å². The Morgan fingerprint density at radius 3 is 2.69 bits per heavy atom. The minimum absolute atomic E-state index is 0.102. The number of hydrogen-bond donors (Lipinski definition) is 1. The molecule has 0 spiro atoms. The van der Waals surface area contributed by atoms with Gasteiger partial charge in [-0.1, -0.05) is 0 Å². The number of aromatic nitrogens is 1. The summed E-state index contributed by atoms with van der Waals surface area (Å²) in [5.41, 5.74) is 5.22. The minimum Gasteiger partial charge on any atom is -0.324 e. The maximum absolute atomic E-state index is 11.1. The highest BCUT2D eigenvalue weighted by atomic mass is 32.2. The van der Waals surface area contributed by atoms with Crippen LogP contribution in [0.2, 0.25) is 0 Å². The molecule has 5 nitrogen and oxygen atoms in total. The van der Waals surface area contributed by atoms with Gasteiger partial charge >= 0.3 is 0 Å². The zero-order valence-corrected chi connectivity index (χ0v) is 7.91. The molecular formula is C7H10N2O3S. The summed E-state index contributed by atoms with van der Waals surface area (Å²) in [6.07, 6.45) is 2.35. The predicted octanol–water partition coefficient (Wildman–Crippen LogP) is -0.563. The molecule has 0 aliphatic rings. The van der Waals surface area contributed by atoms with Gasteiger partial charge in [0.15, 0.2) is 5.78 Å². The van der Waals surface area contributed by atoms with E-state index < -0.39 is 15.8 Å². The molecule has 0 bridgehead atoms. The lowest BCUT2D eigenvalue weighted by Crippen LogP contribution is -2.21. The lowest BCUT2D eigenvalue weighted by atomic mass is 10.3. The Hall–Kier alpha value is -1.14. The Balaban J connectivity index is 3.26. The van der Waals surface area contributed by atoms with Crippen LogP contribution in [0.25, 0.3) is 0 Å². The van der Waals surface area contributed by atoms with E-state index >= 15 is 0 Å². The molecule has 72 valence electrons. The Morgan fingerprint density at radius 2 is 2.23 bits per heavy atom. The summed E-state index contributed by atoms with van der Waals surface area (Å²) in [6, 6.07) is 2.92. The van der Waals surface area contributed by atoms with Gasteiger partial charge in [-0.15, -0.1) is 0 Å². The van der Waals surface area contributed by atoms with Crippen molar-refractivity contribution >= 4 is 15.8 Å². The van der Waals surface area contributed by atoms with Gasteiger partial charge in [0.1, 0.15) is 5.69 Å². The van der Waals surface area contributed by atoms with Gasteiger partial charge in [-0.25, -0.2) is 12.4 Å². The first-order valence-electron chi connectivity index (χ1n) is 3.58. The molecule has 0 unspecified atom stereocenters. The zero-order valence-electron chi connectivity index (χ0n) is 7.10. The van der Waals surface area contributed by atoms with Crippen LogP contribution in [0.3, 0.4) is 0 Å². The van der Waals surface area contributed by atoms with Crippen LogP contribution in [0, 0.1) is 0 Å². The molecule has 0 aliphatic carbocycles. The summed E-state index contributed by atoms with van der Waals surface area (Å²) in [6.45, 7) is -0.195. The molecule has 1 aromatic rings. The molecule has 0 aliphatic heterocycles. The molecule has 13 heavy (non-hydrogen) atoms. The SMILES string of the molecule is CS(=O)(=O)n1cccc1C(=O)CN. The Morgan fingerprint density at radius 1 is 1.62 bits per heavy atom. The van der Waals surface area contributed by atoms with E-state index in [1.54, 1.807) is 0 Å². The second-order valence-corrected chi connectivity index (χ2v) is 4.44. The average Bonchev–Trinajstić information content (AvgIpc) is 2.49. The largest absolute Gasteiger partial charge is 0.324 e. The Labute approximate surface area is 76.2 Å². The molecule has 1 rings (SSSR count). The first kappa shape index (κ1) is 9.94. The van der Waals surface area contributed by atoms with Crippen molar-refractivity contribution in [3.05, 3.63) is 24.0 Å². The second-order valence-electron chi connectivity index (χ2n) is 2.58. The van der Waals surface area contributed by atoms with Gasteiger partial charge in [-0.2, -0.15) is 0 Å². The third kappa shape index (κ3) is 1.96. The van der Waals surface area contributed by atoms with Crippen molar-refractivity contribution in [3.63, 3.8) is 0 Å². The maximum atomic E-state index is 11.1. The van der Waals surface area contributed by atoms with Crippen molar-refractivity contribution in [1.82, 2.24) is 3.97 Å². The van der Waals surface area contributed by atoms with Crippen LogP contribution >= 0.6 is 0 Å². The van der Waals surface area contributed by atoms with Crippen molar-refractivity contribution < 1.29 is 13.2 Å². The first-order valence-corrected chi connectivity index (χ1v) is 5.43. The lowest BCUT2D eigenvalue weighted by molar-refractivity contribution is 0.0996. The molecule has 6 heteroatoms. The highest BCUT2D eigenvalue weighted by Crippen LogP contribution is 2.05. The van der Waals surface area contributed by atoms with E-state index in [1.165, 1.54) is 18.3 Å². The number of ketones is 1. The molecule has 0 aromatic carbocycles. The normalized spacial score (nSPS) is 11.5. The van der Waals surface area contributed by atoms with Crippen molar-refractivity contribution in [3.8, 4) is 0 Å². The van der Waals surface area contributed by atoms with Crippen molar-refractivity contribution in [1.29, 1.82) is 0 Å². The highest BCUT2D eigenvalue weighted by molar-refractivity contribution is 7.89. The molecular weight excluding hydrogens is 192 g/mol. The summed E-state index contributed by atoms with van der Waals surface area (Å²) in [4.78, 5) is 11.1. The molecule has 1 heterocycles. The summed E-state index contributed by atoms with van der Waals surface area (Å²) in [7, 11) is -3.40. The van der Waals surface area contributed by atoms with Crippen LogP contribution in [0.4, 0.5) is 0 Å². The highest BCUT2D eigenvalue weighted by Gasteiger charge is 2.14. The van der Waals surface area contributed by atoms with Gasteiger partial charge in [0, 0.05) is 6.20 Å². The molecule has 0 fully saturated rings. The van der Waals surface area contributed by atoms with Crippen LogP contribution in [0.1, 0.15) is 10.5 Å². The van der Waals surface area contributed by atoms with Crippen LogP contribution < -0.4 is 5.73 Å². The standard InChI is InChI=1S/C7H10N2O3S/c1-13(11,12)9-4-2-3-6(9)7(10)5-8/h2-4H,5,8H2,1H3. The van der Waals surface area contributed by atoms with Crippen molar-refractivity contribution in [2.45, 2.75) is 0 Å². The van der Waals surface area contributed by atoms with Crippen LogP contribution in [-0.4, -0.2) is 31.0 Å². The molecule has 0 atom stereocenters. The van der Waals surface area contributed by atoms with Gasteiger partial charge in [0.2, 0.25) is 10.0 Å². The summed E-state index contributed by atoms with van der Waals surface area (Å²) >= 11 is 0.